The number of aliphatic hydroxyl groups is 1. The molecule has 1 aromatic rings. The summed E-state index contributed by atoms with van der Waals surface area (Å²) in [6.07, 6.45) is -3.76. The van der Waals surface area contributed by atoms with Crippen molar-refractivity contribution in [1.82, 2.24) is 9.80 Å². The number of aliphatic carboxylic acids is 2. The molecule has 0 spiro atoms. The Morgan fingerprint density at radius 3 is 1.77 bits per heavy atom. The Labute approximate surface area is 198 Å². The molecule has 2 heterocycles. The number of rotatable bonds is 5. The number of carboxylic acids is 2. The van der Waals surface area contributed by atoms with Gasteiger partial charge in [-0.3, -0.25) is 9.80 Å². The van der Waals surface area contributed by atoms with Gasteiger partial charge in [-0.05, 0) is 44.3 Å². The smallest absolute Gasteiger partial charge is 0.475 e. The molecule has 1 unspecified atom stereocenters. The topological polar surface area (TPSA) is 101 Å². The Kier molecular flexibility index (Phi) is 12.5. The van der Waals surface area contributed by atoms with Gasteiger partial charge in [-0.25, -0.2) is 9.59 Å². The second-order valence-corrected chi connectivity index (χ2v) is 8.19. The van der Waals surface area contributed by atoms with Gasteiger partial charge in [-0.2, -0.15) is 26.3 Å². The summed E-state index contributed by atoms with van der Waals surface area (Å²) >= 11 is 0. The van der Waals surface area contributed by atoms with E-state index in [1.54, 1.807) is 0 Å². The fraction of sp³-hybridized carbons (Fsp3) is 0.636. The summed E-state index contributed by atoms with van der Waals surface area (Å²) in [5.74, 6) is -5.51. The van der Waals surface area contributed by atoms with Crippen LogP contribution in [-0.4, -0.2) is 87.7 Å². The molecule has 7 nitrogen and oxygen atoms in total. The van der Waals surface area contributed by atoms with Gasteiger partial charge >= 0.3 is 24.3 Å². The standard InChI is InChI=1S/C18H28N2O.2C2HF3O2/c21-15-18-10-6-12-20(18)14-17-9-4-5-11-19(17)13-16-7-2-1-3-8-16;2*3-2(4,5)1(6)7/h1-3,7-8,17-18,21H,4-6,9-15H2;2*(H,6,7)/t17?,18-;;/m0../s1. The van der Waals surface area contributed by atoms with Gasteiger partial charge in [-0.15, -0.1) is 0 Å². The minimum Gasteiger partial charge on any atom is -0.475 e. The van der Waals surface area contributed by atoms with Gasteiger partial charge in [0.15, 0.2) is 0 Å². The number of halogens is 6. The van der Waals surface area contributed by atoms with Crippen molar-refractivity contribution < 1.29 is 51.3 Å². The van der Waals surface area contributed by atoms with Crippen molar-refractivity contribution in [1.29, 1.82) is 0 Å². The number of hydrogen-bond donors (Lipinski definition) is 3. The van der Waals surface area contributed by atoms with E-state index in [-0.39, 0.29) is 0 Å². The minimum atomic E-state index is -5.08. The van der Waals surface area contributed by atoms with Crippen LogP contribution >= 0.6 is 0 Å². The zero-order valence-electron chi connectivity index (χ0n) is 18.9. The Morgan fingerprint density at radius 2 is 1.29 bits per heavy atom. The SMILES string of the molecule is O=C(O)C(F)(F)F.O=C(O)C(F)(F)F.OC[C@@H]1CCCN1CC1CCCCN1Cc1ccccc1. The van der Waals surface area contributed by atoms with E-state index >= 15 is 0 Å². The monoisotopic (exact) mass is 516 g/mol. The van der Waals surface area contributed by atoms with Crippen LogP contribution in [0, 0.1) is 0 Å². The Balaban J connectivity index is 0.000000362. The van der Waals surface area contributed by atoms with E-state index < -0.39 is 24.3 Å². The first-order valence-corrected chi connectivity index (χ1v) is 11.0. The van der Waals surface area contributed by atoms with E-state index in [2.05, 4.69) is 40.1 Å². The van der Waals surface area contributed by atoms with Crippen LogP contribution in [0.1, 0.15) is 37.7 Å². The van der Waals surface area contributed by atoms with Crippen molar-refractivity contribution in [2.45, 2.75) is 63.1 Å². The molecule has 0 aliphatic carbocycles. The van der Waals surface area contributed by atoms with Crippen molar-refractivity contribution in [3.8, 4) is 0 Å². The fourth-order valence-electron chi connectivity index (χ4n) is 3.91. The quantitative estimate of drug-likeness (QED) is 0.513. The van der Waals surface area contributed by atoms with Gasteiger partial charge < -0.3 is 15.3 Å². The number of carbonyl (C=O) groups is 2. The second-order valence-electron chi connectivity index (χ2n) is 8.19. The summed E-state index contributed by atoms with van der Waals surface area (Å²) in [4.78, 5) is 23.0. The molecule has 35 heavy (non-hydrogen) atoms. The van der Waals surface area contributed by atoms with Gasteiger partial charge in [0.2, 0.25) is 0 Å². The molecule has 200 valence electrons. The Morgan fingerprint density at radius 1 is 0.800 bits per heavy atom. The highest BCUT2D eigenvalue weighted by Crippen LogP contribution is 2.24. The van der Waals surface area contributed by atoms with E-state index in [0.717, 1.165) is 13.1 Å². The van der Waals surface area contributed by atoms with Crippen molar-refractivity contribution in [3.05, 3.63) is 35.9 Å². The first-order chi connectivity index (χ1) is 16.3. The molecule has 3 rings (SSSR count). The van der Waals surface area contributed by atoms with E-state index in [4.69, 9.17) is 19.8 Å². The fourth-order valence-corrected chi connectivity index (χ4v) is 3.91. The first kappa shape index (κ1) is 30.7. The van der Waals surface area contributed by atoms with Crippen LogP contribution in [-0.2, 0) is 16.1 Å². The Bertz CT molecular complexity index is 752. The lowest BCUT2D eigenvalue weighted by atomic mass is 10.00. The predicted molar refractivity (Wildman–Crippen MR) is 114 cm³/mol. The lowest BCUT2D eigenvalue weighted by Gasteiger charge is -2.39. The summed E-state index contributed by atoms with van der Waals surface area (Å²) in [6.45, 7) is 4.92. The molecule has 0 saturated carbocycles. The molecule has 0 amide bonds. The number of nitrogens with zero attached hydrogens (tertiary/aromatic N) is 2. The van der Waals surface area contributed by atoms with Crippen molar-refractivity contribution in [3.63, 3.8) is 0 Å². The molecule has 3 N–H and O–H groups in total. The van der Waals surface area contributed by atoms with E-state index in [1.165, 1.54) is 50.8 Å². The number of piperidine rings is 1. The first-order valence-electron chi connectivity index (χ1n) is 11.0. The molecule has 0 bridgehead atoms. The molecule has 13 heteroatoms. The lowest BCUT2D eigenvalue weighted by Crippen LogP contribution is -2.48. The lowest BCUT2D eigenvalue weighted by molar-refractivity contribution is -0.193. The molecule has 0 radical (unpaired) electrons. The number of hydrogen-bond acceptors (Lipinski definition) is 5. The van der Waals surface area contributed by atoms with Crippen LogP contribution < -0.4 is 0 Å². The average molecular weight is 516 g/mol. The van der Waals surface area contributed by atoms with Gasteiger partial charge in [0.05, 0.1) is 6.61 Å². The predicted octanol–water partition coefficient (Wildman–Crippen LogP) is 3.76. The van der Waals surface area contributed by atoms with Gasteiger partial charge in [0.1, 0.15) is 0 Å². The molecule has 2 saturated heterocycles. The maximum atomic E-state index is 10.6. The third-order valence-electron chi connectivity index (χ3n) is 5.62. The van der Waals surface area contributed by atoms with Gasteiger partial charge in [0, 0.05) is 25.2 Å². The number of benzene rings is 1. The van der Waals surface area contributed by atoms with E-state index in [1.807, 2.05) is 0 Å². The van der Waals surface area contributed by atoms with Crippen molar-refractivity contribution in [2.24, 2.45) is 0 Å². The van der Waals surface area contributed by atoms with Crippen LogP contribution in [0.25, 0.3) is 0 Å². The zero-order chi connectivity index (χ0) is 26.6. The normalized spacial score (nSPS) is 21.3. The van der Waals surface area contributed by atoms with E-state index in [9.17, 15) is 31.4 Å². The van der Waals surface area contributed by atoms with Crippen LogP contribution in [0.5, 0.6) is 0 Å². The molecule has 1 aromatic carbocycles. The van der Waals surface area contributed by atoms with Crippen molar-refractivity contribution >= 4 is 11.9 Å². The number of aliphatic hydroxyl groups excluding tert-OH is 1. The van der Waals surface area contributed by atoms with Crippen LogP contribution in [0.15, 0.2) is 30.3 Å². The van der Waals surface area contributed by atoms with Gasteiger partial charge in [0.25, 0.3) is 0 Å². The highest BCUT2D eigenvalue weighted by Gasteiger charge is 2.39. The molecular formula is C22H30F6N2O5. The molecule has 2 aliphatic rings. The largest absolute Gasteiger partial charge is 0.490 e. The number of alkyl halides is 6. The third kappa shape index (κ3) is 11.7. The Hall–Kier alpha value is -2.38. The second kappa shape index (κ2) is 14.2. The highest BCUT2D eigenvalue weighted by atomic mass is 19.4. The maximum Gasteiger partial charge on any atom is 0.490 e. The molecule has 2 atom stereocenters. The molecule has 0 aromatic heterocycles. The number of likely N-dealkylation sites (tertiary alicyclic amines) is 2. The minimum absolute atomic E-state index is 0.325. The van der Waals surface area contributed by atoms with Crippen molar-refractivity contribution in [2.75, 3.05) is 26.2 Å². The summed E-state index contributed by atoms with van der Waals surface area (Å²) in [6, 6.07) is 11.9. The molecular weight excluding hydrogens is 486 g/mol. The maximum absolute atomic E-state index is 10.6. The summed E-state index contributed by atoms with van der Waals surface area (Å²) in [7, 11) is 0. The molecule has 2 fully saturated rings. The van der Waals surface area contributed by atoms with Crippen LogP contribution in [0.4, 0.5) is 26.3 Å². The van der Waals surface area contributed by atoms with Gasteiger partial charge in [-0.1, -0.05) is 36.8 Å². The highest BCUT2D eigenvalue weighted by molar-refractivity contribution is 5.73. The zero-order valence-corrected chi connectivity index (χ0v) is 18.9. The molecule has 2 aliphatic heterocycles. The third-order valence-corrected chi connectivity index (χ3v) is 5.62. The van der Waals surface area contributed by atoms with Crippen LogP contribution in [0.3, 0.4) is 0 Å². The van der Waals surface area contributed by atoms with Crippen LogP contribution in [0.2, 0.25) is 0 Å². The summed E-state index contributed by atoms with van der Waals surface area (Å²) in [5, 5.41) is 23.8. The number of carboxylic acid groups (broad SMARTS) is 2. The summed E-state index contributed by atoms with van der Waals surface area (Å²) in [5.41, 5.74) is 1.42. The van der Waals surface area contributed by atoms with E-state index in [0.29, 0.717) is 18.7 Å². The average Bonchev–Trinajstić information content (AvgIpc) is 3.22. The summed E-state index contributed by atoms with van der Waals surface area (Å²) < 4.78 is 63.5.